The number of piperidine rings is 1. The molecule has 16 heavy (non-hydrogen) atoms. The van der Waals surface area contributed by atoms with E-state index in [1.54, 1.807) is 0 Å². The van der Waals surface area contributed by atoms with E-state index in [0.29, 0.717) is 0 Å². The SMILES string of the molecule is CCCC1CNCCC12CCCCCCC2. The largest absolute Gasteiger partial charge is 0.316 e. The van der Waals surface area contributed by atoms with Crippen LogP contribution in [0.25, 0.3) is 0 Å². The van der Waals surface area contributed by atoms with Crippen molar-refractivity contribution in [2.24, 2.45) is 11.3 Å². The molecule has 2 aliphatic rings. The summed E-state index contributed by atoms with van der Waals surface area (Å²) < 4.78 is 0. The Balaban J connectivity index is 2.03. The van der Waals surface area contributed by atoms with Crippen molar-refractivity contribution < 1.29 is 0 Å². The minimum absolute atomic E-state index is 0.738. The molecule has 1 heterocycles. The van der Waals surface area contributed by atoms with Gasteiger partial charge in [-0.15, -0.1) is 0 Å². The Morgan fingerprint density at radius 2 is 1.69 bits per heavy atom. The zero-order chi connectivity index (χ0) is 11.3. The lowest BCUT2D eigenvalue weighted by Gasteiger charge is -2.46. The van der Waals surface area contributed by atoms with Crippen LogP contribution in [0, 0.1) is 11.3 Å². The van der Waals surface area contributed by atoms with E-state index in [0.717, 1.165) is 11.3 Å². The highest BCUT2D eigenvalue weighted by Crippen LogP contribution is 2.46. The summed E-state index contributed by atoms with van der Waals surface area (Å²) in [4.78, 5) is 0. The Morgan fingerprint density at radius 1 is 1.00 bits per heavy atom. The van der Waals surface area contributed by atoms with E-state index in [9.17, 15) is 0 Å². The molecule has 0 aromatic heterocycles. The average molecular weight is 223 g/mol. The maximum absolute atomic E-state index is 3.63. The fourth-order valence-electron chi connectivity index (χ4n) is 4.06. The molecule has 1 unspecified atom stereocenters. The zero-order valence-electron chi connectivity index (χ0n) is 11.1. The van der Waals surface area contributed by atoms with Gasteiger partial charge in [0.25, 0.3) is 0 Å². The molecule has 1 N–H and O–H groups in total. The normalized spacial score (nSPS) is 30.9. The van der Waals surface area contributed by atoms with Crippen molar-refractivity contribution in [3.8, 4) is 0 Å². The second-order valence-electron chi connectivity index (χ2n) is 6.07. The summed E-state index contributed by atoms with van der Waals surface area (Å²) in [5, 5.41) is 3.63. The molecular formula is C15H29N. The highest BCUT2D eigenvalue weighted by atomic mass is 14.9. The van der Waals surface area contributed by atoms with Gasteiger partial charge in [0.15, 0.2) is 0 Å². The van der Waals surface area contributed by atoms with Crippen LogP contribution in [0.1, 0.15) is 71.1 Å². The van der Waals surface area contributed by atoms with E-state index in [4.69, 9.17) is 0 Å². The summed E-state index contributed by atoms with van der Waals surface area (Å²) in [6, 6.07) is 0. The minimum atomic E-state index is 0.738. The van der Waals surface area contributed by atoms with Crippen molar-refractivity contribution in [2.75, 3.05) is 13.1 Å². The maximum atomic E-state index is 3.63. The van der Waals surface area contributed by atoms with Crippen LogP contribution in [0.4, 0.5) is 0 Å². The van der Waals surface area contributed by atoms with Crippen LogP contribution < -0.4 is 5.32 Å². The molecule has 0 bridgehead atoms. The second-order valence-corrected chi connectivity index (χ2v) is 6.07. The highest BCUT2D eigenvalue weighted by Gasteiger charge is 2.39. The van der Waals surface area contributed by atoms with Gasteiger partial charge in [0.2, 0.25) is 0 Å². The van der Waals surface area contributed by atoms with Gasteiger partial charge in [0.1, 0.15) is 0 Å². The molecule has 0 amide bonds. The Kier molecular flexibility index (Phi) is 4.69. The Hall–Kier alpha value is -0.0400. The predicted molar refractivity (Wildman–Crippen MR) is 70.6 cm³/mol. The number of rotatable bonds is 2. The molecule has 0 aromatic rings. The van der Waals surface area contributed by atoms with Gasteiger partial charge in [-0.2, -0.15) is 0 Å². The molecule has 2 fully saturated rings. The number of nitrogens with one attached hydrogen (secondary N) is 1. The van der Waals surface area contributed by atoms with Gasteiger partial charge in [0, 0.05) is 0 Å². The monoisotopic (exact) mass is 223 g/mol. The van der Waals surface area contributed by atoms with Crippen LogP contribution in [0.15, 0.2) is 0 Å². The number of hydrogen-bond donors (Lipinski definition) is 1. The average Bonchev–Trinajstić information content (AvgIpc) is 2.27. The lowest BCUT2D eigenvalue weighted by molar-refractivity contribution is 0.0651. The molecule has 94 valence electrons. The first-order valence-electron chi connectivity index (χ1n) is 7.58. The molecule has 1 nitrogen and oxygen atoms in total. The quantitative estimate of drug-likeness (QED) is 0.742. The molecule has 1 heteroatoms. The van der Waals surface area contributed by atoms with E-state index in [1.807, 2.05) is 0 Å². The Labute approximate surface area is 101 Å². The van der Waals surface area contributed by atoms with Crippen LogP contribution in [0.3, 0.4) is 0 Å². The predicted octanol–water partition coefficient (Wildman–Crippen LogP) is 4.13. The van der Waals surface area contributed by atoms with Crippen LogP contribution in [0.5, 0.6) is 0 Å². The molecule has 1 saturated carbocycles. The van der Waals surface area contributed by atoms with Crippen molar-refractivity contribution in [1.82, 2.24) is 5.32 Å². The van der Waals surface area contributed by atoms with E-state index in [1.165, 1.54) is 77.3 Å². The van der Waals surface area contributed by atoms with Crippen LogP contribution >= 0.6 is 0 Å². The first-order chi connectivity index (χ1) is 7.87. The zero-order valence-corrected chi connectivity index (χ0v) is 11.1. The molecule has 1 spiro atoms. The van der Waals surface area contributed by atoms with Crippen molar-refractivity contribution in [3.05, 3.63) is 0 Å². The Morgan fingerprint density at radius 3 is 2.38 bits per heavy atom. The topological polar surface area (TPSA) is 12.0 Å². The molecule has 1 atom stereocenters. The molecule has 1 aliphatic heterocycles. The minimum Gasteiger partial charge on any atom is -0.316 e. The van der Waals surface area contributed by atoms with Crippen molar-refractivity contribution >= 4 is 0 Å². The Bertz CT molecular complexity index is 190. The van der Waals surface area contributed by atoms with Crippen molar-refractivity contribution in [2.45, 2.75) is 71.1 Å². The first-order valence-corrected chi connectivity index (χ1v) is 7.58. The van der Waals surface area contributed by atoms with Crippen LogP contribution in [0.2, 0.25) is 0 Å². The third kappa shape index (κ3) is 2.80. The van der Waals surface area contributed by atoms with Crippen LogP contribution in [-0.2, 0) is 0 Å². The summed E-state index contributed by atoms with van der Waals surface area (Å²) in [7, 11) is 0. The summed E-state index contributed by atoms with van der Waals surface area (Å²) in [5.41, 5.74) is 0.738. The lowest BCUT2D eigenvalue weighted by atomic mass is 9.63. The van der Waals surface area contributed by atoms with E-state index < -0.39 is 0 Å². The molecule has 0 aromatic carbocycles. The van der Waals surface area contributed by atoms with Gasteiger partial charge in [0.05, 0.1) is 0 Å². The van der Waals surface area contributed by atoms with Gasteiger partial charge < -0.3 is 5.32 Å². The van der Waals surface area contributed by atoms with E-state index in [2.05, 4.69) is 12.2 Å². The fourth-order valence-corrected chi connectivity index (χ4v) is 4.06. The van der Waals surface area contributed by atoms with E-state index >= 15 is 0 Å². The lowest BCUT2D eigenvalue weighted by Crippen LogP contribution is -2.45. The smallest absolute Gasteiger partial charge is 0.00152 e. The maximum Gasteiger partial charge on any atom is -0.00152 e. The fraction of sp³-hybridized carbons (Fsp3) is 1.00. The summed E-state index contributed by atoms with van der Waals surface area (Å²) >= 11 is 0. The van der Waals surface area contributed by atoms with Gasteiger partial charge in [-0.3, -0.25) is 0 Å². The van der Waals surface area contributed by atoms with Crippen LogP contribution in [-0.4, -0.2) is 13.1 Å². The molecule has 0 radical (unpaired) electrons. The molecule has 1 aliphatic carbocycles. The molecule has 1 saturated heterocycles. The highest BCUT2D eigenvalue weighted by molar-refractivity contribution is 4.92. The number of hydrogen-bond acceptors (Lipinski definition) is 1. The van der Waals surface area contributed by atoms with E-state index in [-0.39, 0.29) is 0 Å². The standard InChI is InChI=1S/C15H29N/c1-2-8-14-13-16-12-11-15(14)9-6-4-3-5-7-10-15/h14,16H,2-13H2,1H3. The first kappa shape index (κ1) is 12.4. The summed E-state index contributed by atoms with van der Waals surface area (Å²) in [6.07, 6.45) is 14.8. The molecule has 2 rings (SSSR count). The third-order valence-electron chi connectivity index (χ3n) is 5.04. The van der Waals surface area contributed by atoms with Gasteiger partial charge in [-0.1, -0.05) is 45.4 Å². The third-order valence-corrected chi connectivity index (χ3v) is 5.04. The van der Waals surface area contributed by atoms with Gasteiger partial charge >= 0.3 is 0 Å². The summed E-state index contributed by atoms with van der Waals surface area (Å²) in [6.45, 7) is 4.93. The molecular weight excluding hydrogens is 194 g/mol. The van der Waals surface area contributed by atoms with Crippen molar-refractivity contribution in [3.63, 3.8) is 0 Å². The van der Waals surface area contributed by atoms with Gasteiger partial charge in [-0.25, -0.2) is 0 Å². The van der Waals surface area contributed by atoms with Crippen molar-refractivity contribution in [1.29, 1.82) is 0 Å². The van der Waals surface area contributed by atoms with Gasteiger partial charge in [-0.05, 0) is 50.1 Å². The second kappa shape index (κ2) is 6.05. The summed E-state index contributed by atoms with van der Waals surface area (Å²) in [5.74, 6) is 0.976.